The summed E-state index contributed by atoms with van der Waals surface area (Å²) in [7, 11) is 0. The lowest BCUT2D eigenvalue weighted by Gasteiger charge is -2.12. The second-order valence-electron chi connectivity index (χ2n) is 4.52. The molecule has 0 bridgehead atoms. The zero-order valence-electron chi connectivity index (χ0n) is 11.4. The SMILES string of the molecule is CC(=O)COC(=O)CN1C(=O)c2cccc([N+](=O)[O-])c2C1=O. The molecule has 2 amide bonds. The first-order valence-corrected chi connectivity index (χ1v) is 6.11. The van der Waals surface area contributed by atoms with Gasteiger partial charge in [-0.1, -0.05) is 6.07 Å². The van der Waals surface area contributed by atoms with Crippen molar-refractivity contribution >= 4 is 29.3 Å². The van der Waals surface area contributed by atoms with E-state index >= 15 is 0 Å². The van der Waals surface area contributed by atoms with Crippen LogP contribution in [0.25, 0.3) is 0 Å². The Morgan fingerprint density at radius 1 is 1.27 bits per heavy atom. The Kier molecular flexibility index (Phi) is 3.97. The van der Waals surface area contributed by atoms with Crippen LogP contribution in [0.2, 0.25) is 0 Å². The Morgan fingerprint density at radius 3 is 2.55 bits per heavy atom. The van der Waals surface area contributed by atoms with Gasteiger partial charge >= 0.3 is 5.97 Å². The van der Waals surface area contributed by atoms with Crippen molar-refractivity contribution in [1.82, 2.24) is 4.90 Å². The van der Waals surface area contributed by atoms with Crippen molar-refractivity contribution in [2.45, 2.75) is 6.92 Å². The number of hydrogen-bond donors (Lipinski definition) is 0. The second kappa shape index (κ2) is 5.72. The molecule has 1 heterocycles. The third-order valence-electron chi connectivity index (χ3n) is 2.90. The number of esters is 1. The van der Waals surface area contributed by atoms with E-state index in [1.165, 1.54) is 19.1 Å². The lowest BCUT2D eigenvalue weighted by Crippen LogP contribution is -2.36. The maximum absolute atomic E-state index is 12.1. The summed E-state index contributed by atoms with van der Waals surface area (Å²) in [5.74, 6) is -3.10. The van der Waals surface area contributed by atoms with E-state index < -0.39 is 47.3 Å². The molecule has 0 aromatic heterocycles. The summed E-state index contributed by atoms with van der Waals surface area (Å²) in [5.41, 5.74) is -0.995. The molecule has 9 heteroatoms. The number of rotatable bonds is 5. The summed E-state index contributed by atoms with van der Waals surface area (Å²) in [6.45, 7) is 0.0254. The van der Waals surface area contributed by atoms with Crippen LogP contribution in [0.5, 0.6) is 0 Å². The number of ketones is 1. The number of benzene rings is 1. The molecular formula is C13H10N2O7. The van der Waals surface area contributed by atoms with E-state index in [2.05, 4.69) is 4.74 Å². The largest absolute Gasteiger partial charge is 0.456 e. The first kappa shape index (κ1) is 15.3. The summed E-state index contributed by atoms with van der Waals surface area (Å²) in [6.07, 6.45) is 0. The van der Waals surface area contributed by atoms with Crippen LogP contribution in [0.3, 0.4) is 0 Å². The van der Waals surface area contributed by atoms with Gasteiger partial charge in [0.25, 0.3) is 17.5 Å². The van der Waals surface area contributed by atoms with Crippen LogP contribution in [-0.2, 0) is 14.3 Å². The van der Waals surface area contributed by atoms with E-state index in [1.54, 1.807) is 0 Å². The lowest BCUT2D eigenvalue weighted by molar-refractivity contribution is -0.385. The molecule has 0 atom stereocenters. The zero-order valence-corrected chi connectivity index (χ0v) is 11.4. The van der Waals surface area contributed by atoms with Crippen molar-refractivity contribution in [3.05, 3.63) is 39.4 Å². The first-order chi connectivity index (χ1) is 10.3. The van der Waals surface area contributed by atoms with Crippen LogP contribution in [0, 0.1) is 10.1 Å². The van der Waals surface area contributed by atoms with E-state index in [-0.39, 0.29) is 11.1 Å². The monoisotopic (exact) mass is 306 g/mol. The van der Waals surface area contributed by atoms with Crippen LogP contribution in [0.4, 0.5) is 5.69 Å². The molecule has 0 fully saturated rings. The molecule has 2 rings (SSSR count). The average molecular weight is 306 g/mol. The topological polar surface area (TPSA) is 124 Å². The van der Waals surface area contributed by atoms with Crippen LogP contribution in [0.15, 0.2) is 18.2 Å². The standard InChI is InChI=1S/C13H10N2O7/c1-7(16)6-22-10(17)5-14-12(18)8-3-2-4-9(15(20)21)11(8)13(14)19/h2-4H,5-6H2,1H3. The highest BCUT2D eigenvalue weighted by Crippen LogP contribution is 2.30. The number of Topliss-reactive ketones (excluding diaryl/α,β-unsaturated/α-hetero) is 1. The number of hydrogen-bond acceptors (Lipinski definition) is 7. The second-order valence-corrected chi connectivity index (χ2v) is 4.52. The molecule has 0 N–H and O–H groups in total. The van der Waals surface area contributed by atoms with Crippen LogP contribution in [0.1, 0.15) is 27.6 Å². The Balaban J connectivity index is 2.24. The lowest BCUT2D eigenvalue weighted by atomic mass is 10.1. The maximum atomic E-state index is 12.1. The van der Waals surface area contributed by atoms with E-state index in [9.17, 15) is 29.3 Å². The highest BCUT2D eigenvalue weighted by molar-refractivity contribution is 6.24. The third kappa shape index (κ3) is 2.68. The molecule has 0 radical (unpaired) electrons. The number of nitro benzene ring substituents is 1. The number of nitro groups is 1. The predicted molar refractivity (Wildman–Crippen MR) is 70.1 cm³/mol. The summed E-state index contributed by atoms with van der Waals surface area (Å²) in [6, 6.07) is 3.64. The number of imide groups is 1. The molecule has 1 aromatic carbocycles. The number of nitrogens with zero attached hydrogens (tertiary/aromatic N) is 2. The van der Waals surface area contributed by atoms with Crippen LogP contribution >= 0.6 is 0 Å². The highest BCUT2D eigenvalue weighted by Gasteiger charge is 2.41. The minimum atomic E-state index is -0.952. The molecular weight excluding hydrogens is 296 g/mol. The molecule has 0 saturated heterocycles. The predicted octanol–water partition coefficient (Wildman–Crippen LogP) is 0.323. The van der Waals surface area contributed by atoms with Crippen molar-refractivity contribution < 1.29 is 28.8 Å². The number of amides is 2. The Labute approximate surface area is 123 Å². The van der Waals surface area contributed by atoms with Gasteiger partial charge in [0.1, 0.15) is 18.7 Å². The smallest absolute Gasteiger partial charge is 0.326 e. The average Bonchev–Trinajstić information content (AvgIpc) is 2.70. The Hall–Kier alpha value is -3.10. The molecule has 22 heavy (non-hydrogen) atoms. The number of fused-ring (bicyclic) bond motifs is 1. The third-order valence-corrected chi connectivity index (χ3v) is 2.90. The van der Waals surface area contributed by atoms with Crippen LogP contribution in [-0.4, -0.2) is 46.5 Å². The maximum Gasteiger partial charge on any atom is 0.326 e. The van der Waals surface area contributed by atoms with Crippen molar-refractivity contribution in [1.29, 1.82) is 0 Å². The van der Waals surface area contributed by atoms with Crippen molar-refractivity contribution in [3.63, 3.8) is 0 Å². The summed E-state index contributed by atoms with van der Waals surface area (Å²) in [5, 5.41) is 10.9. The van der Waals surface area contributed by atoms with Gasteiger partial charge in [0, 0.05) is 6.07 Å². The Morgan fingerprint density at radius 2 is 1.95 bits per heavy atom. The van der Waals surface area contributed by atoms with E-state index in [0.717, 1.165) is 6.07 Å². The molecule has 1 aromatic rings. The molecule has 0 aliphatic carbocycles. The summed E-state index contributed by atoms with van der Waals surface area (Å²) in [4.78, 5) is 57.1. The van der Waals surface area contributed by atoms with Gasteiger partial charge in [-0.2, -0.15) is 0 Å². The summed E-state index contributed by atoms with van der Waals surface area (Å²) < 4.78 is 4.57. The number of carbonyl (C=O) groups excluding carboxylic acids is 4. The minimum Gasteiger partial charge on any atom is -0.456 e. The molecule has 1 aliphatic heterocycles. The fourth-order valence-corrected chi connectivity index (χ4v) is 1.97. The van der Waals surface area contributed by atoms with Gasteiger partial charge in [-0.05, 0) is 13.0 Å². The van der Waals surface area contributed by atoms with E-state index in [0.29, 0.717) is 4.90 Å². The van der Waals surface area contributed by atoms with Gasteiger partial charge in [-0.3, -0.25) is 34.2 Å². The molecule has 0 spiro atoms. The number of carbonyl (C=O) groups is 4. The fourth-order valence-electron chi connectivity index (χ4n) is 1.97. The van der Waals surface area contributed by atoms with E-state index in [1.807, 2.05) is 0 Å². The molecule has 114 valence electrons. The van der Waals surface area contributed by atoms with Crippen LogP contribution < -0.4 is 0 Å². The minimum absolute atomic E-state index is 0.140. The molecule has 9 nitrogen and oxygen atoms in total. The van der Waals surface area contributed by atoms with Crippen molar-refractivity contribution in [2.24, 2.45) is 0 Å². The highest BCUT2D eigenvalue weighted by atomic mass is 16.6. The van der Waals surface area contributed by atoms with Gasteiger partial charge < -0.3 is 4.74 Å². The zero-order chi connectivity index (χ0) is 16.4. The quantitative estimate of drug-likeness (QED) is 0.332. The van der Waals surface area contributed by atoms with Crippen molar-refractivity contribution in [3.8, 4) is 0 Å². The first-order valence-electron chi connectivity index (χ1n) is 6.11. The van der Waals surface area contributed by atoms with E-state index in [4.69, 9.17) is 0 Å². The fraction of sp³-hybridized carbons (Fsp3) is 0.231. The molecule has 1 aliphatic rings. The van der Waals surface area contributed by atoms with Crippen molar-refractivity contribution in [2.75, 3.05) is 13.2 Å². The number of ether oxygens (including phenoxy) is 1. The van der Waals surface area contributed by atoms with Gasteiger partial charge in [-0.25, -0.2) is 0 Å². The van der Waals surface area contributed by atoms with Gasteiger partial charge in [0.15, 0.2) is 5.78 Å². The normalized spacial score (nSPS) is 13.0. The van der Waals surface area contributed by atoms with Gasteiger partial charge in [0.05, 0.1) is 10.5 Å². The van der Waals surface area contributed by atoms with Gasteiger partial charge in [-0.15, -0.1) is 0 Å². The molecule has 0 saturated carbocycles. The van der Waals surface area contributed by atoms with Gasteiger partial charge in [0.2, 0.25) is 0 Å². The summed E-state index contributed by atoms with van der Waals surface area (Å²) >= 11 is 0. The molecule has 0 unspecified atom stereocenters. The Bertz CT molecular complexity index is 710.